The monoisotopic (exact) mass is 254 g/mol. The molecule has 0 N–H and O–H groups in total. The lowest BCUT2D eigenvalue weighted by atomic mass is 10.3. The Bertz CT molecular complexity index is 342. The number of rotatable bonds is 1. The average Bonchev–Trinajstić information content (AvgIpc) is 2.10. The minimum atomic E-state index is -0.892. The molecule has 0 aliphatic carbocycles. The van der Waals surface area contributed by atoms with Gasteiger partial charge in [0.15, 0.2) is 5.75 Å². The summed E-state index contributed by atoms with van der Waals surface area (Å²) in [5.74, 6) is 0.0320. The van der Waals surface area contributed by atoms with Gasteiger partial charge in [-0.3, -0.25) is 0 Å². The molecular formula is C8H5Cl3O3. The molecule has 1 aromatic rings. The zero-order valence-electron chi connectivity index (χ0n) is 7.01. The number of benzene rings is 1. The molecule has 76 valence electrons. The lowest BCUT2D eigenvalue weighted by molar-refractivity contribution is 0.121. The third-order valence-electron chi connectivity index (χ3n) is 1.32. The van der Waals surface area contributed by atoms with Crippen molar-refractivity contribution in [3.63, 3.8) is 0 Å². The maximum atomic E-state index is 10.8. The first-order chi connectivity index (χ1) is 6.54. The number of carbonyl (C=O) groups is 1. The van der Waals surface area contributed by atoms with Gasteiger partial charge in [0.1, 0.15) is 0 Å². The van der Waals surface area contributed by atoms with E-state index in [1.807, 2.05) is 0 Å². The van der Waals surface area contributed by atoms with E-state index >= 15 is 0 Å². The highest BCUT2D eigenvalue weighted by Gasteiger charge is 2.13. The molecule has 0 aliphatic rings. The summed E-state index contributed by atoms with van der Waals surface area (Å²) in [4.78, 5) is 10.8. The van der Waals surface area contributed by atoms with Crippen LogP contribution in [0.1, 0.15) is 0 Å². The van der Waals surface area contributed by atoms with Crippen LogP contribution in [-0.2, 0) is 4.74 Å². The maximum Gasteiger partial charge on any atom is 0.513 e. The maximum absolute atomic E-state index is 10.8. The fourth-order valence-corrected chi connectivity index (χ4v) is 1.65. The molecule has 0 heterocycles. The Morgan fingerprint density at radius 2 is 1.71 bits per heavy atom. The van der Waals surface area contributed by atoms with Gasteiger partial charge in [0.2, 0.25) is 0 Å². The Balaban J connectivity index is 3.02. The van der Waals surface area contributed by atoms with Crippen molar-refractivity contribution in [2.24, 2.45) is 0 Å². The predicted octanol–water partition coefficient (Wildman–Crippen LogP) is 3.79. The highest BCUT2D eigenvalue weighted by atomic mass is 35.5. The van der Waals surface area contributed by atoms with Crippen molar-refractivity contribution in [3.8, 4) is 5.75 Å². The van der Waals surface area contributed by atoms with Gasteiger partial charge in [0.05, 0.1) is 17.2 Å². The van der Waals surface area contributed by atoms with E-state index in [9.17, 15) is 4.79 Å². The van der Waals surface area contributed by atoms with Crippen molar-refractivity contribution in [1.29, 1.82) is 0 Å². The molecule has 14 heavy (non-hydrogen) atoms. The summed E-state index contributed by atoms with van der Waals surface area (Å²) in [5, 5.41) is 0.651. The summed E-state index contributed by atoms with van der Waals surface area (Å²) >= 11 is 17.1. The van der Waals surface area contributed by atoms with E-state index in [0.717, 1.165) is 0 Å². The van der Waals surface area contributed by atoms with Gasteiger partial charge in [0.25, 0.3) is 0 Å². The van der Waals surface area contributed by atoms with Crippen LogP contribution in [0.15, 0.2) is 12.1 Å². The third kappa shape index (κ3) is 2.67. The van der Waals surface area contributed by atoms with E-state index in [4.69, 9.17) is 39.5 Å². The SMILES string of the molecule is COC(=O)Oc1c(Cl)cc(Cl)cc1Cl. The molecule has 0 bridgehead atoms. The van der Waals surface area contributed by atoms with Crippen LogP contribution in [0.25, 0.3) is 0 Å². The molecule has 6 heteroatoms. The second-order valence-corrected chi connectivity index (χ2v) is 3.51. The number of methoxy groups -OCH3 is 1. The summed E-state index contributed by atoms with van der Waals surface area (Å²) in [7, 11) is 1.18. The van der Waals surface area contributed by atoms with Crippen molar-refractivity contribution in [3.05, 3.63) is 27.2 Å². The zero-order chi connectivity index (χ0) is 10.7. The number of ether oxygens (including phenoxy) is 2. The van der Waals surface area contributed by atoms with E-state index in [2.05, 4.69) is 4.74 Å². The minimum absolute atomic E-state index is 0.0320. The second-order valence-electron chi connectivity index (χ2n) is 2.25. The highest BCUT2D eigenvalue weighted by molar-refractivity contribution is 6.40. The van der Waals surface area contributed by atoms with E-state index < -0.39 is 6.16 Å². The number of carbonyl (C=O) groups excluding carboxylic acids is 1. The second kappa shape index (κ2) is 4.73. The van der Waals surface area contributed by atoms with Crippen molar-refractivity contribution in [1.82, 2.24) is 0 Å². The standard InChI is InChI=1S/C8H5Cl3O3/c1-13-8(12)14-7-5(10)2-4(9)3-6(7)11/h2-3H,1H3. The van der Waals surface area contributed by atoms with Crippen molar-refractivity contribution < 1.29 is 14.3 Å². The van der Waals surface area contributed by atoms with Crippen LogP contribution in [0.2, 0.25) is 15.1 Å². The number of hydrogen-bond donors (Lipinski definition) is 0. The van der Waals surface area contributed by atoms with Gasteiger partial charge in [-0.1, -0.05) is 34.8 Å². The predicted molar refractivity (Wildman–Crippen MR) is 54.5 cm³/mol. The molecule has 0 spiro atoms. The van der Waals surface area contributed by atoms with Gasteiger partial charge in [-0.2, -0.15) is 0 Å². The number of halogens is 3. The molecule has 0 radical (unpaired) electrons. The molecule has 1 rings (SSSR count). The highest BCUT2D eigenvalue weighted by Crippen LogP contribution is 2.35. The van der Waals surface area contributed by atoms with Crippen LogP contribution in [0.5, 0.6) is 5.75 Å². The Hall–Kier alpha value is -0.640. The molecule has 0 aliphatic heterocycles. The van der Waals surface area contributed by atoms with Crippen molar-refractivity contribution in [2.75, 3.05) is 7.11 Å². The quantitative estimate of drug-likeness (QED) is 0.566. The van der Waals surface area contributed by atoms with E-state index in [0.29, 0.717) is 5.02 Å². The van der Waals surface area contributed by atoms with Crippen LogP contribution in [0.3, 0.4) is 0 Å². The Morgan fingerprint density at radius 1 is 1.21 bits per heavy atom. The fourth-order valence-electron chi connectivity index (χ4n) is 0.751. The molecule has 3 nitrogen and oxygen atoms in total. The molecule has 0 saturated carbocycles. The summed E-state index contributed by atoms with van der Waals surface area (Å²) < 4.78 is 8.98. The zero-order valence-corrected chi connectivity index (χ0v) is 9.28. The summed E-state index contributed by atoms with van der Waals surface area (Å²) in [5.41, 5.74) is 0. The molecule has 0 unspecified atom stereocenters. The van der Waals surface area contributed by atoms with Crippen LogP contribution < -0.4 is 4.74 Å². The average molecular weight is 255 g/mol. The first kappa shape index (κ1) is 11.4. The third-order valence-corrected chi connectivity index (χ3v) is 2.09. The Morgan fingerprint density at radius 3 is 2.14 bits per heavy atom. The van der Waals surface area contributed by atoms with Crippen LogP contribution >= 0.6 is 34.8 Å². The van der Waals surface area contributed by atoms with Crippen molar-refractivity contribution >= 4 is 41.0 Å². The van der Waals surface area contributed by atoms with Gasteiger partial charge in [-0.25, -0.2) is 4.79 Å². The van der Waals surface area contributed by atoms with Gasteiger partial charge >= 0.3 is 6.16 Å². The molecule has 0 atom stereocenters. The molecule has 0 saturated heterocycles. The lowest BCUT2D eigenvalue weighted by Crippen LogP contribution is -2.07. The number of hydrogen-bond acceptors (Lipinski definition) is 3. The normalized spacial score (nSPS) is 9.71. The first-order valence-electron chi connectivity index (χ1n) is 3.45. The summed E-state index contributed by atoms with van der Waals surface area (Å²) in [6.45, 7) is 0. The van der Waals surface area contributed by atoms with Crippen LogP contribution in [0.4, 0.5) is 4.79 Å². The van der Waals surface area contributed by atoms with E-state index in [1.165, 1.54) is 19.2 Å². The van der Waals surface area contributed by atoms with E-state index in [-0.39, 0.29) is 15.8 Å². The smallest absolute Gasteiger partial charge is 0.437 e. The molecule has 0 aromatic heterocycles. The fraction of sp³-hybridized carbons (Fsp3) is 0.125. The first-order valence-corrected chi connectivity index (χ1v) is 4.58. The molecule has 0 amide bonds. The van der Waals surface area contributed by atoms with Crippen LogP contribution in [-0.4, -0.2) is 13.3 Å². The van der Waals surface area contributed by atoms with Gasteiger partial charge in [-0.15, -0.1) is 0 Å². The molecular weight excluding hydrogens is 250 g/mol. The van der Waals surface area contributed by atoms with Crippen LogP contribution in [0, 0.1) is 0 Å². The van der Waals surface area contributed by atoms with Gasteiger partial charge in [-0.05, 0) is 12.1 Å². The molecule has 0 fully saturated rings. The summed E-state index contributed by atoms with van der Waals surface area (Å²) in [6.07, 6.45) is -0.892. The molecule has 1 aromatic carbocycles. The summed E-state index contributed by atoms with van der Waals surface area (Å²) in [6, 6.07) is 2.82. The topological polar surface area (TPSA) is 35.5 Å². The lowest BCUT2D eigenvalue weighted by Gasteiger charge is -2.06. The van der Waals surface area contributed by atoms with Crippen molar-refractivity contribution in [2.45, 2.75) is 0 Å². The van der Waals surface area contributed by atoms with Gasteiger partial charge < -0.3 is 9.47 Å². The largest absolute Gasteiger partial charge is 0.513 e. The van der Waals surface area contributed by atoms with E-state index in [1.54, 1.807) is 0 Å². The minimum Gasteiger partial charge on any atom is -0.437 e. The Kier molecular flexibility index (Phi) is 3.86. The Labute approximate surface area is 95.5 Å². The van der Waals surface area contributed by atoms with Gasteiger partial charge in [0, 0.05) is 5.02 Å².